The summed E-state index contributed by atoms with van der Waals surface area (Å²) in [6.45, 7) is 1.87. The standard InChI is InChI=1S/C19H24N4O2/c1-21-11-5-9-15(21)16-10-6-12-23(16)19(25)17-13-7-3-4-8-14(13)18(24)22(2)20-17/h3-4,7-8,15-16H,5-6,9-12H2,1-2H3. The largest absolute Gasteiger partial charge is 0.333 e. The second-order valence-corrected chi connectivity index (χ2v) is 7.22. The number of hydrogen-bond acceptors (Lipinski definition) is 4. The van der Waals surface area contributed by atoms with Crippen LogP contribution in [0.15, 0.2) is 29.1 Å². The molecule has 2 unspecified atom stereocenters. The Morgan fingerprint density at radius 2 is 1.72 bits per heavy atom. The van der Waals surface area contributed by atoms with Gasteiger partial charge in [-0.3, -0.25) is 9.59 Å². The molecule has 0 aliphatic carbocycles. The van der Waals surface area contributed by atoms with Gasteiger partial charge in [-0.05, 0) is 45.3 Å². The fourth-order valence-electron chi connectivity index (χ4n) is 4.46. The van der Waals surface area contributed by atoms with Crippen LogP contribution in [0.25, 0.3) is 10.8 Å². The normalized spacial score (nSPS) is 24.3. The molecule has 2 aliphatic heterocycles. The first-order valence-corrected chi connectivity index (χ1v) is 9.05. The highest BCUT2D eigenvalue weighted by Crippen LogP contribution is 2.30. The first kappa shape index (κ1) is 16.3. The van der Waals surface area contributed by atoms with Crippen LogP contribution >= 0.6 is 0 Å². The number of carbonyl (C=O) groups excluding carboxylic acids is 1. The Hall–Kier alpha value is -2.21. The molecular weight excluding hydrogens is 316 g/mol. The van der Waals surface area contributed by atoms with Crippen molar-refractivity contribution < 1.29 is 4.79 Å². The van der Waals surface area contributed by atoms with E-state index in [1.54, 1.807) is 13.1 Å². The zero-order valence-corrected chi connectivity index (χ0v) is 14.8. The van der Waals surface area contributed by atoms with E-state index in [2.05, 4.69) is 17.0 Å². The van der Waals surface area contributed by atoms with E-state index in [1.165, 1.54) is 11.1 Å². The van der Waals surface area contributed by atoms with Crippen LogP contribution in [0.1, 0.15) is 36.2 Å². The number of aryl methyl sites for hydroxylation is 1. The lowest BCUT2D eigenvalue weighted by Crippen LogP contribution is -2.47. The Balaban J connectivity index is 1.75. The number of fused-ring (bicyclic) bond motifs is 1. The van der Waals surface area contributed by atoms with Gasteiger partial charge in [0, 0.05) is 31.1 Å². The quantitative estimate of drug-likeness (QED) is 0.834. The van der Waals surface area contributed by atoms with Gasteiger partial charge in [0.05, 0.1) is 5.39 Å². The molecule has 25 heavy (non-hydrogen) atoms. The van der Waals surface area contributed by atoms with E-state index in [0.29, 0.717) is 22.5 Å². The Kier molecular flexibility index (Phi) is 4.07. The molecule has 2 aliphatic rings. The average Bonchev–Trinajstić information content (AvgIpc) is 3.26. The molecule has 2 fully saturated rings. The molecule has 0 spiro atoms. The topological polar surface area (TPSA) is 58.4 Å². The van der Waals surface area contributed by atoms with Gasteiger partial charge in [-0.25, -0.2) is 4.68 Å². The molecule has 6 heteroatoms. The van der Waals surface area contributed by atoms with Gasteiger partial charge in [0.25, 0.3) is 11.5 Å². The summed E-state index contributed by atoms with van der Waals surface area (Å²) >= 11 is 0. The van der Waals surface area contributed by atoms with Gasteiger partial charge >= 0.3 is 0 Å². The smallest absolute Gasteiger partial charge is 0.275 e. The molecule has 0 saturated carbocycles. The number of benzene rings is 1. The summed E-state index contributed by atoms with van der Waals surface area (Å²) in [4.78, 5) is 30.0. The Morgan fingerprint density at radius 3 is 2.44 bits per heavy atom. The van der Waals surface area contributed by atoms with Gasteiger partial charge in [0.2, 0.25) is 0 Å². The molecular formula is C19H24N4O2. The molecule has 0 N–H and O–H groups in total. The monoisotopic (exact) mass is 340 g/mol. The van der Waals surface area contributed by atoms with Crippen molar-refractivity contribution in [2.45, 2.75) is 37.8 Å². The van der Waals surface area contributed by atoms with E-state index in [0.717, 1.165) is 32.4 Å². The van der Waals surface area contributed by atoms with Gasteiger partial charge < -0.3 is 9.80 Å². The van der Waals surface area contributed by atoms with Crippen molar-refractivity contribution in [3.63, 3.8) is 0 Å². The highest BCUT2D eigenvalue weighted by Gasteiger charge is 2.39. The van der Waals surface area contributed by atoms with Gasteiger partial charge in [-0.2, -0.15) is 5.10 Å². The highest BCUT2D eigenvalue weighted by molar-refractivity contribution is 6.05. The molecule has 6 nitrogen and oxygen atoms in total. The number of aromatic nitrogens is 2. The second kappa shape index (κ2) is 6.26. The van der Waals surface area contributed by atoms with Crippen LogP contribution in [0, 0.1) is 0 Å². The first-order valence-electron chi connectivity index (χ1n) is 9.05. The second-order valence-electron chi connectivity index (χ2n) is 7.22. The molecule has 1 aromatic heterocycles. The van der Waals surface area contributed by atoms with Crippen LogP contribution in [0.3, 0.4) is 0 Å². The molecule has 0 radical (unpaired) electrons. The first-order chi connectivity index (χ1) is 12.1. The number of nitrogens with zero attached hydrogens (tertiary/aromatic N) is 4. The maximum absolute atomic E-state index is 13.3. The van der Waals surface area contributed by atoms with Gasteiger partial charge in [0.15, 0.2) is 5.69 Å². The summed E-state index contributed by atoms with van der Waals surface area (Å²) in [5.74, 6) is -0.0467. The fourth-order valence-corrected chi connectivity index (χ4v) is 4.46. The molecule has 132 valence electrons. The Morgan fingerprint density at radius 1 is 1.04 bits per heavy atom. The van der Waals surface area contributed by atoms with Crippen molar-refractivity contribution in [3.8, 4) is 0 Å². The van der Waals surface area contributed by atoms with Crippen LogP contribution in [-0.2, 0) is 7.05 Å². The van der Waals surface area contributed by atoms with Crippen LogP contribution in [-0.4, -0.2) is 57.7 Å². The summed E-state index contributed by atoms with van der Waals surface area (Å²) in [6.07, 6.45) is 4.42. The number of hydrogen-bond donors (Lipinski definition) is 0. The van der Waals surface area contributed by atoms with E-state index in [1.807, 2.05) is 23.1 Å². The maximum atomic E-state index is 13.3. The number of carbonyl (C=O) groups is 1. The van der Waals surface area contributed by atoms with E-state index in [-0.39, 0.29) is 17.5 Å². The minimum Gasteiger partial charge on any atom is -0.333 e. The maximum Gasteiger partial charge on any atom is 0.275 e. The highest BCUT2D eigenvalue weighted by atomic mass is 16.2. The van der Waals surface area contributed by atoms with Gasteiger partial charge in [-0.15, -0.1) is 0 Å². The number of rotatable bonds is 2. The molecule has 4 rings (SSSR count). The molecule has 2 aromatic rings. The lowest BCUT2D eigenvalue weighted by molar-refractivity contribution is 0.0658. The molecule has 2 atom stereocenters. The van der Waals surface area contributed by atoms with Crippen molar-refractivity contribution in [2.24, 2.45) is 7.05 Å². The minimum atomic E-state index is -0.166. The zero-order valence-electron chi connectivity index (χ0n) is 14.8. The lowest BCUT2D eigenvalue weighted by atomic mass is 10.0. The third-order valence-electron chi connectivity index (χ3n) is 5.74. The Bertz CT molecular complexity index is 875. The van der Waals surface area contributed by atoms with Crippen LogP contribution in [0.4, 0.5) is 0 Å². The van der Waals surface area contributed by atoms with Crippen LogP contribution in [0.2, 0.25) is 0 Å². The molecule has 3 heterocycles. The predicted octanol–water partition coefficient (Wildman–Crippen LogP) is 1.63. The van der Waals surface area contributed by atoms with E-state index in [4.69, 9.17) is 0 Å². The fraction of sp³-hybridized carbons (Fsp3) is 0.526. The molecule has 1 aromatic carbocycles. The zero-order chi connectivity index (χ0) is 17.6. The summed E-state index contributed by atoms with van der Waals surface area (Å²) in [5, 5.41) is 5.53. The third-order valence-corrected chi connectivity index (χ3v) is 5.74. The van der Waals surface area contributed by atoms with Crippen molar-refractivity contribution in [3.05, 3.63) is 40.3 Å². The molecule has 0 bridgehead atoms. The molecule has 1 amide bonds. The van der Waals surface area contributed by atoms with Gasteiger partial charge in [-0.1, -0.05) is 18.2 Å². The average molecular weight is 340 g/mol. The Labute approximate surface area is 147 Å². The van der Waals surface area contributed by atoms with Gasteiger partial charge in [0.1, 0.15) is 0 Å². The molecule has 2 saturated heterocycles. The SMILES string of the molecule is CN1CCCC1C1CCCN1C(=O)c1nn(C)c(=O)c2ccccc12. The minimum absolute atomic E-state index is 0.0467. The van der Waals surface area contributed by atoms with E-state index >= 15 is 0 Å². The summed E-state index contributed by atoms with van der Waals surface area (Å²) < 4.78 is 1.28. The summed E-state index contributed by atoms with van der Waals surface area (Å²) in [6, 6.07) is 7.95. The predicted molar refractivity (Wildman–Crippen MR) is 96.7 cm³/mol. The summed E-state index contributed by atoms with van der Waals surface area (Å²) in [5.41, 5.74) is 0.228. The van der Waals surface area contributed by atoms with Crippen LogP contribution < -0.4 is 5.56 Å². The lowest BCUT2D eigenvalue weighted by Gasteiger charge is -2.33. The van der Waals surface area contributed by atoms with Crippen LogP contribution in [0.5, 0.6) is 0 Å². The number of amides is 1. The van der Waals surface area contributed by atoms with E-state index < -0.39 is 0 Å². The van der Waals surface area contributed by atoms with Crippen molar-refractivity contribution in [2.75, 3.05) is 20.1 Å². The van der Waals surface area contributed by atoms with Crippen molar-refractivity contribution in [1.82, 2.24) is 19.6 Å². The van der Waals surface area contributed by atoms with E-state index in [9.17, 15) is 9.59 Å². The third kappa shape index (κ3) is 2.65. The number of likely N-dealkylation sites (N-methyl/N-ethyl adjacent to an activating group) is 1. The van der Waals surface area contributed by atoms with Crippen molar-refractivity contribution >= 4 is 16.7 Å². The number of likely N-dealkylation sites (tertiary alicyclic amines) is 2. The summed E-state index contributed by atoms with van der Waals surface area (Å²) in [7, 11) is 3.76. The van der Waals surface area contributed by atoms with Crippen molar-refractivity contribution in [1.29, 1.82) is 0 Å².